The maximum atomic E-state index is 11.9. The molecule has 16 heavy (non-hydrogen) atoms. The summed E-state index contributed by atoms with van der Waals surface area (Å²) in [4.78, 5) is 17.0. The highest BCUT2D eigenvalue weighted by atomic mass is 32.1. The first-order chi connectivity index (χ1) is 7.68. The molecule has 2 aromatic heterocycles. The van der Waals surface area contributed by atoms with Crippen molar-refractivity contribution in [3.05, 3.63) is 45.9 Å². The van der Waals surface area contributed by atoms with Crippen LogP contribution >= 0.6 is 11.3 Å². The third-order valence-corrected chi connectivity index (χ3v) is 3.48. The molecule has 0 atom stereocenters. The summed E-state index contributed by atoms with van der Waals surface area (Å²) < 4.78 is 0. The Morgan fingerprint density at radius 3 is 2.56 bits per heavy atom. The molecule has 3 nitrogen and oxygen atoms in total. The van der Waals surface area contributed by atoms with Crippen molar-refractivity contribution in [2.75, 3.05) is 5.32 Å². The molecule has 0 fully saturated rings. The van der Waals surface area contributed by atoms with E-state index in [0.29, 0.717) is 0 Å². The Morgan fingerprint density at radius 2 is 2.00 bits per heavy atom. The average molecular weight is 232 g/mol. The number of carbonyl (C=O) groups is 1. The smallest absolute Gasteiger partial charge is 0.256 e. The topological polar surface area (TPSA) is 42.0 Å². The summed E-state index contributed by atoms with van der Waals surface area (Å²) in [5.74, 6) is -0.0620. The van der Waals surface area contributed by atoms with E-state index < -0.39 is 0 Å². The molecule has 2 aromatic rings. The van der Waals surface area contributed by atoms with Crippen LogP contribution in [0, 0.1) is 13.8 Å². The summed E-state index contributed by atoms with van der Waals surface area (Å²) >= 11 is 1.60. The number of hydrogen-bond acceptors (Lipinski definition) is 3. The van der Waals surface area contributed by atoms with E-state index in [4.69, 9.17) is 0 Å². The number of amides is 1. The Kier molecular flexibility index (Phi) is 3.01. The average Bonchev–Trinajstić information content (AvgIpc) is 2.61. The lowest BCUT2D eigenvalue weighted by atomic mass is 10.1. The van der Waals surface area contributed by atoms with E-state index in [1.165, 1.54) is 4.88 Å². The zero-order chi connectivity index (χ0) is 11.5. The van der Waals surface area contributed by atoms with Gasteiger partial charge in [-0.1, -0.05) is 0 Å². The van der Waals surface area contributed by atoms with E-state index in [1.807, 2.05) is 19.2 Å². The van der Waals surface area contributed by atoms with Crippen LogP contribution in [-0.2, 0) is 0 Å². The van der Waals surface area contributed by atoms with Gasteiger partial charge >= 0.3 is 0 Å². The van der Waals surface area contributed by atoms with Gasteiger partial charge in [-0.15, -0.1) is 11.3 Å². The first kappa shape index (κ1) is 10.8. The first-order valence-electron chi connectivity index (χ1n) is 4.94. The fourth-order valence-corrected chi connectivity index (χ4v) is 2.24. The van der Waals surface area contributed by atoms with Crippen molar-refractivity contribution in [1.29, 1.82) is 0 Å². The van der Waals surface area contributed by atoms with Crippen LogP contribution in [0.15, 0.2) is 29.9 Å². The zero-order valence-electron chi connectivity index (χ0n) is 9.15. The van der Waals surface area contributed by atoms with Crippen LogP contribution in [0.2, 0.25) is 0 Å². The van der Waals surface area contributed by atoms with E-state index in [-0.39, 0.29) is 5.91 Å². The summed E-state index contributed by atoms with van der Waals surface area (Å²) in [5, 5.41) is 4.73. The van der Waals surface area contributed by atoms with Gasteiger partial charge in [0.2, 0.25) is 0 Å². The summed E-state index contributed by atoms with van der Waals surface area (Å²) in [5.41, 5.74) is 2.57. The molecule has 0 aliphatic heterocycles. The minimum atomic E-state index is -0.0620. The third kappa shape index (κ3) is 2.12. The highest BCUT2D eigenvalue weighted by Gasteiger charge is 2.12. The fourth-order valence-electron chi connectivity index (χ4n) is 1.37. The van der Waals surface area contributed by atoms with Crippen molar-refractivity contribution in [3.63, 3.8) is 0 Å². The number of nitrogens with zero attached hydrogens (tertiary/aromatic N) is 1. The molecule has 0 saturated carbocycles. The van der Waals surface area contributed by atoms with E-state index in [2.05, 4.69) is 10.3 Å². The monoisotopic (exact) mass is 232 g/mol. The number of rotatable bonds is 2. The van der Waals surface area contributed by atoms with Crippen molar-refractivity contribution in [1.82, 2.24) is 4.98 Å². The summed E-state index contributed by atoms with van der Waals surface area (Å²) in [6.07, 6.45) is 3.31. The third-order valence-electron chi connectivity index (χ3n) is 2.47. The summed E-state index contributed by atoms with van der Waals surface area (Å²) in [6, 6.07) is 3.54. The number of aryl methyl sites for hydroxylation is 1. The van der Waals surface area contributed by atoms with E-state index in [9.17, 15) is 4.79 Å². The van der Waals surface area contributed by atoms with Gasteiger partial charge < -0.3 is 5.32 Å². The SMILES string of the molecule is Cc1scc(C(=O)Nc2ccncc2)c1C. The second kappa shape index (κ2) is 4.45. The zero-order valence-corrected chi connectivity index (χ0v) is 9.97. The Bertz CT molecular complexity index is 505. The molecule has 0 unspecified atom stereocenters. The number of thiophene rings is 1. The van der Waals surface area contributed by atoms with E-state index in [1.54, 1.807) is 35.9 Å². The predicted octanol–water partition coefficient (Wildman–Crippen LogP) is 3.01. The fraction of sp³-hybridized carbons (Fsp3) is 0.167. The number of aromatic nitrogens is 1. The van der Waals surface area contributed by atoms with Gasteiger partial charge in [0.05, 0.1) is 5.56 Å². The molecule has 0 aliphatic carbocycles. The standard InChI is InChI=1S/C12H12N2OS/c1-8-9(2)16-7-11(8)12(15)14-10-3-5-13-6-4-10/h3-7H,1-2H3,(H,13,14,15). The van der Waals surface area contributed by atoms with Gasteiger partial charge in [0.15, 0.2) is 0 Å². The molecular weight excluding hydrogens is 220 g/mol. The van der Waals surface area contributed by atoms with Gasteiger partial charge in [0.1, 0.15) is 0 Å². The van der Waals surface area contributed by atoms with Crippen molar-refractivity contribution < 1.29 is 4.79 Å². The molecule has 0 radical (unpaired) electrons. The van der Waals surface area contributed by atoms with Gasteiger partial charge in [-0.25, -0.2) is 0 Å². The number of pyridine rings is 1. The maximum absolute atomic E-state index is 11.9. The molecule has 0 saturated heterocycles. The highest BCUT2D eigenvalue weighted by molar-refractivity contribution is 7.10. The van der Waals surface area contributed by atoms with Crippen LogP contribution in [0.1, 0.15) is 20.8 Å². The molecule has 0 spiro atoms. The minimum Gasteiger partial charge on any atom is -0.322 e. The van der Waals surface area contributed by atoms with Gasteiger partial charge in [-0.3, -0.25) is 9.78 Å². The number of carbonyl (C=O) groups excluding carboxylic acids is 1. The molecule has 1 N–H and O–H groups in total. The summed E-state index contributed by atoms with van der Waals surface area (Å²) in [7, 11) is 0. The normalized spacial score (nSPS) is 10.1. The maximum Gasteiger partial charge on any atom is 0.256 e. The van der Waals surface area contributed by atoms with Crippen LogP contribution in [-0.4, -0.2) is 10.9 Å². The van der Waals surface area contributed by atoms with Crippen molar-refractivity contribution in [2.45, 2.75) is 13.8 Å². The lowest BCUT2D eigenvalue weighted by Gasteiger charge is -2.04. The Hall–Kier alpha value is -1.68. The van der Waals surface area contributed by atoms with Gasteiger partial charge in [0.25, 0.3) is 5.91 Å². The number of anilines is 1. The van der Waals surface area contributed by atoms with Gasteiger partial charge in [-0.2, -0.15) is 0 Å². The van der Waals surface area contributed by atoms with Gasteiger partial charge in [-0.05, 0) is 31.5 Å². The Labute approximate surface area is 98.2 Å². The Morgan fingerprint density at radius 1 is 1.31 bits per heavy atom. The molecule has 82 valence electrons. The predicted molar refractivity (Wildman–Crippen MR) is 66.0 cm³/mol. The van der Waals surface area contributed by atoms with Crippen molar-refractivity contribution >= 4 is 22.9 Å². The number of nitrogens with one attached hydrogen (secondary N) is 1. The first-order valence-corrected chi connectivity index (χ1v) is 5.82. The minimum absolute atomic E-state index is 0.0620. The molecule has 2 heterocycles. The number of hydrogen-bond donors (Lipinski definition) is 1. The van der Waals surface area contributed by atoms with Gasteiger partial charge in [0, 0.05) is 28.3 Å². The van der Waals surface area contributed by atoms with E-state index >= 15 is 0 Å². The van der Waals surface area contributed by atoms with Crippen molar-refractivity contribution in [2.24, 2.45) is 0 Å². The molecule has 1 amide bonds. The van der Waals surface area contributed by atoms with Crippen LogP contribution in [0.3, 0.4) is 0 Å². The lowest BCUT2D eigenvalue weighted by molar-refractivity contribution is 0.102. The highest BCUT2D eigenvalue weighted by Crippen LogP contribution is 2.21. The molecule has 0 aromatic carbocycles. The van der Waals surface area contributed by atoms with Crippen LogP contribution in [0.5, 0.6) is 0 Å². The van der Waals surface area contributed by atoms with E-state index in [0.717, 1.165) is 16.8 Å². The second-order valence-corrected chi connectivity index (χ2v) is 4.60. The molecule has 2 rings (SSSR count). The molecule has 0 aliphatic rings. The molecule has 0 bridgehead atoms. The van der Waals surface area contributed by atoms with Crippen molar-refractivity contribution in [3.8, 4) is 0 Å². The molecular formula is C12H12N2OS. The quantitative estimate of drug-likeness (QED) is 0.864. The largest absolute Gasteiger partial charge is 0.322 e. The lowest BCUT2D eigenvalue weighted by Crippen LogP contribution is -2.12. The summed E-state index contributed by atoms with van der Waals surface area (Å²) in [6.45, 7) is 3.98. The second-order valence-electron chi connectivity index (χ2n) is 3.52. The van der Waals surface area contributed by atoms with Crippen LogP contribution in [0.25, 0.3) is 0 Å². The van der Waals surface area contributed by atoms with Crippen LogP contribution in [0.4, 0.5) is 5.69 Å². The Balaban J connectivity index is 2.18. The van der Waals surface area contributed by atoms with Crippen LogP contribution < -0.4 is 5.32 Å². The molecule has 4 heteroatoms.